The van der Waals surface area contributed by atoms with Gasteiger partial charge in [0.15, 0.2) is 5.16 Å². The van der Waals surface area contributed by atoms with E-state index in [0.717, 1.165) is 19.5 Å². The summed E-state index contributed by atoms with van der Waals surface area (Å²) in [5.41, 5.74) is -0.202. The van der Waals surface area contributed by atoms with Crippen molar-refractivity contribution in [1.82, 2.24) is 19.7 Å². The Kier molecular flexibility index (Phi) is 5.50. The standard InChI is InChI=1S/C14H24N4O2S/c1-4-5-18-13(20)15-16-14(18)21-9-12(19)17-7-10(2)6-11(3)8-17/h10-11H,4-9H2,1-3H3,(H,15,20)/t10-,11+. The highest BCUT2D eigenvalue weighted by atomic mass is 32.2. The highest BCUT2D eigenvalue weighted by Crippen LogP contribution is 2.22. The van der Waals surface area contributed by atoms with E-state index >= 15 is 0 Å². The van der Waals surface area contributed by atoms with Gasteiger partial charge in [0.05, 0.1) is 5.75 Å². The first-order valence-electron chi connectivity index (χ1n) is 7.57. The van der Waals surface area contributed by atoms with E-state index in [1.54, 1.807) is 4.57 Å². The molecule has 0 radical (unpaired) electrons. The molecule has 2 heterocycles. The van der Waals surface area contributed by atoms with Crippen LogP contribution in [0.1, 0.15) is 33.6 Å². The van der Waals surface area contributed by atoms with E-state index in [0.29, 0.717) is 29.3 Å². The van der Waals surface area contributed by atoms with E-state index in [1.807, 2.05) is 11.8 Å². The van der Waals surface area contributed by atoms with Gasteiger partial charge in [0.1, 0.15) is 0 Å². The van der Waals surface area contributed by atoms with Crippen molar-refractivity contribution in [2.75, 3.05) is 18.8 Å². The van der Waals surface area contributed by atoms with Crippen LogP contribution in [-0.2, 0) is 11.3 Å². The summed E-state index contributed by atoms with van der Waals surface area (Å²) in [6.45, 7) is 8.70. The number of piperidine rings is 1. The minimum atomic E-state index is -0.202. The van der Waals surface area contributed by atoms with Gasteiger partial charge in [-0.2, -0.15) is 0 Å². The van der Waals surface area contributed by atoms with E-state index in [9.17, 15) is 9.59 Å². The van der Waals surface area contributed by atoms with E-state index in [2.05, 4.69) is 24.0 Å². The molecule has 6 nitrogen and oxygen atoms in total. The third kappa shape index (κ3) is 4.12. The second kappa shape index (κ2) is 7.15. The molecule has 0 unspecified atom stereocenters. The quantitative estimate of drug-likeness (QED) is 0.838. The zero-order valence-corrected chi connectivity index (χ0v) is 13.8. The van der Waals surface area contributed by atoms with Crippen molar-refractivity contribution in [3.63, 3.8) is 0 Å². The molecular formula is C14H24N4O2S. The fourth-order valence-electron chi connectivity index (χ4n) is 2.92. The van der Waals surface area contributed by atoms with E-state index in [1.165, 1.54) is 18.2 Å². The van der Waals surface area contributed by atoms with Crippen molar-refractivity contribution in [3.8, 4) is 0 Å². The molecule has 1 saturated heterocycles. The first-order chi connectivity index (χ1) is 10.0. The average Bonchev–Trinajstić information content (AvgIpc) is 2.77. The van der Waals surface area contributed by atoms with Gasteiger partial charge in [-0.15, -0.1) is 5.10 Å². The zero-order valence-electron chi connectivity index (χ0n) is 13.0. The second-order valence-electron chi connectivity index (χ2n) is 6.00. The number of aromatic nitrogens is 3. The Morgan fingerprint density at radius 3 is 2.67 bits per heavy atom. The number of aromatic amines is 1. The molecule has 1 amide bonds. The van der Waals surface area contributed by atoms with Gasteiger partial charge in [-0.25, -0.2) is 9.89 Å². The third-order valence-corrected chi connectivity index (χ3v) is 4.68. The molecule has 2 atom stereocenters. The van der Waals surface area contributed by atoms with Crippen molar-refractivity contribution in [2.24, 2.45) is 11.8 Å². The van der Waals surface area contributed by atoms with Crippen molar-refractivity contribution < 1.29 is 4.79 Å². The molecule has 1 N–H and O–H groups in total. The Balaban J connectivity index is 1.93. The lowest BCUT2D eigenvalue weighted by atomic mass is 9.92. The minimum Gasteiger partial charge on any atom is -0.341 e. The largest absolute Gasteiger partial charge is 0.343 e. The van der Waals surface area contributed by atoms with E-state index in [-0.39, 0.29) is 11.6 Å². The number of carbonyl (C=O) groups excluding carboxylic acids is 1. The summed E-state index contributed by atoms with van der Waals surface area (Å²) in [5.74, 6) is 1.60. The summed E-state index contributed by atoms with van der Waals surface area (Å²) in [5, 5.41) is 7.06. The molecule has 1 aliphatic rings. The molecule has 1 aliphatic heterocycles. The first-order valence-corrected chi connectivity index (χ1v) is 8.55. The van der Waals surface area contributed by atoms with Crippen molar-refractivity contribution in [1.29, 1.82) is 0 Å². The summed E-state index contributed by atoms with van der Waals surface area (Å²) >= 11 is 1.34. The van der Waals surface area contributed by atoms with Crippen LogP contribution in [0.3, 0.4) is 0 Å². The Bertz CT molecular complexity index is 529. The lowest BCUT2D eigenvalue weighted by Crippen LogP contribution is -2.43. The predicted molar refractivity (Wildman–Crippen MR) is 83.4 cm³/mol. The maximum atomic E-state index is 12.3. The van der Waals surface area contributed by atoms with Gasteiger partial charge < -0.3 is 4.90 Å². The summed E-state index contributed by atoms with van der Waals surface area (Å²) in [6.07, 6.45) is 2.05. The van der Waals surface area contributed by atoms with E-state index < -0.39 is 0 Å². The van der Waals surface area contributed by atoms with Crippen LogP contribution in [0.5, 0.6) is 0 Å². The Labute approximate surface area is 129 Å². The van der Waals surface area contributed by atoms with Crippen LogP contribution in [0.15, 0.2) is 9.95 Å². The fraction of sp³-hybridized carbons (Fsp3) is 0.786. The molecular weight excluding hydrogens is 288 g/mol. The fourth-order valence-corrected chi connectivity index (χ4v) is 3.79. The number of hydrogen-bond donors (Lipinski definition) is 1. The molecule has 0 aliphatic carbocycles. The highest BCUT2D eigenvalue weighted by molar-refractivity contribution is 7.99. The molecule has 7 heteroatoms. The van der Waals surface area contributed by atoms with Crippen LogP contribution in [0.25, 0.3) is 0 Å². The maximum absolute atomic E-state index is 12.3. The predicted octanol–water partition coefficient (Wildman–Crippen LogP) is 1.58. The van der Waals surface area contributed by atoms with Crippen molar-refractivity contribution >= 4 is 17.7 Å². The lowest BCUT2D eigenvalue weighted by molar-refractivity contribution is -0.130. The number of hydrogen-bond acceptors (Lipinski definition) is 4. The molecule has 1 fully saturated rings. The molecule has 2 rings (SSSR count). The summed E-state index contributed by atoms with van der Waals surface area (Å²) in [6, 6.07) is 0. The third-order valence-electron chi connectivity index (χ3n) is 3.72. The maximum Gasteiger partial charge on any atom is 0.343 e. The van der Waals surface area contributed by atoms with Gasteiger partial charge >= 0.3 is 5.69 Å². The molecule has 0 spiro atoms. The average molecular weight is 312 g/mol. The molecule has 1 aromatic heterocycles. The summed E-state index contributed by atoms with van der Waals surface area (Å²) in [4.78, 5) is 25.9. The number of amides is 1. The zero-order chi connectivity index (χ0) is 15.4. The minimum absolute atomic E-state index is 0.136. The SMILES string of the molecule is CCCn1c(SCC(=O)N2C[C@H](C)C[C@H](C)C2)n[nH]c1=O. The van der Waals surface area contributed by atoms with Gasteiger partial charge in [-0.05, 0) is 24.7 Å². The molecule has 21 heavy (non-hydrogen) atoms. The highest BCUT2D eigenvalue weighted by Gasteiger charge is 2.25. The monoisotopic (exact) mass is 312 g/mol. The Hall–Kier alpha value is -1.24. The summed E-state index contributed by atoms with van der Waals surface area (Å²) < 4.78 is 1.60. The van der Waals surface area contributed by atoms with Crippen LogP contribution in [-0.4, -0.2) is 44.4 Å². The number of rotatable bonds is 5. The van der Waals surface area contributed by atoms with Crippen molar-refractivity contribution in [2.45, 2.75) is 45.3 Å². The molecule has 118 valence electrons. The second-order valence-corrected chi connectivity index (χ2v) is 6.94. The lowest BCUT2D eigenvalue weighted by Gasteiger charge is -2.34. The molecule has 1 aromatic rings. The summed E-state index contributed by atoms with van der Waals surface area (Å²) in [7, 11) is 0. The van der Waals surface area contributed by atoms with Crippen LogP contribution in [0.2, 0.25) is 0 Å². The van der Waals surface area contributed by atoms with Gasteiger partial charge in [0.25, 0.3) is 0 Å². The molecule has 0 aromatic carbocycles. The molecule has 0 bridgehead atoms. The van der Waals surface area contributed by atoms with Crippen molar-refractivity contribution in [3.05, 3.63) is 10.5 Å². The van der Waals surface area contributed by atoms with E-state index in [4.69, 9.17) is 0 Å². The number of carbonyl (C=O) groups is 1. The smallest absolute Gasteiger partial charge is 0.341 e. The number of nitrogens with zero attached hydrogens (tertiary/aromatic N) is 3. The number of nitrogens with one attached hydrogen (secondary N) is 1. The Morgan fingerprint density at radius 1 is 1.38 bits per heavy atom. The van der Waals surface area contributed by atoms with Crippen LogP contribution >= 0.6 is 11.8 Å². The Morgan fingerprint density at radius 2 is 2.05 bits per heavy atom. The van der Waals surface area contributed by atoms with Crippen LogP contribution in [0, 0.1) is 11.8 Å². The van der Waals surface area contributed by atoms with Gasteiger partial charge in [-0.3, -0.25) is 9.36 Å². The van der Waals surface area contributed by atoms with Gasteiger partial charge in [0, 0.05) is 19.6 Å². The number of thioether (sulfide) groups is 1. The first kappa shape index (κ1) is 16.1. The normalized spacial score (nSPS) is 22.5. The van der Waals surface area contributed by atoms with Crippen LogP contribution < -0.4 is 5.69 Å². The number of likely N-dealkylation sites (tertiary alicyclic amines) is 1. The van der Waals surface area contributed by atoms with Gasteiger partial charge in [0.2, 0.25) is 5.91 Å². The van der Waals surface area contributed by atoms with Gasteiger partial charge in [-0.1, -0.05) is 32.5 Å². The van der Waals surface area contributed by atoms with Crippen LogP contribution in [0.4, 0.5) is 0 Å². The topological polar surface area (TPSA) is 71.0 Å². The molecule has 0 saturated carbocycles. The number of H-pyrrole nitrogens is 1.